The van der Waals surface area contributed by atoms with E-state index in [4.69, 9.17) is 4.74 Å². The highest BCUT2D eigenvalue weighted by molar-refractivity contribution is 7.79. The van der Waals surface area contributed by atoms with Crippen molar-refractivity contribution in [1.29, 1.82) is 0 Å². The number of methoxy groups -OCH3 is 1. The summed E-state index contributed by atoms with van der Waals surface area (Å²) in [5.41, 5.74) is 1.02. The van der Waals surface area contributed by atoms with Crippen molar-refractivity contribution in [2.45, 2.75) is 19.4 Å². The molecule has 0 radical (unpaired) electrons. The molecule has 4 nitrogen and oxygen atoms in total. The Hall–Kier alpha value is -2.97. The number of hydrogen-bond donors (Lipinski definition) is 1. The van der Waals surface area contributed by atoms with Crippen LogP contribution < -0.4 is 21.2 Å². The average Bonchev–Trinajstić information content (AvgIpc) is 2.75. The van der Waals surface area contributed by atoms with Crippen molar-refractivity contribution in [3.63, 3.8) is 0 Å². The normalized spacial score (nSPS) is 11.7. The fourth-order valence-electron chi connectivity index (χ4n) is 3.28. The molecule has 1 N–H and O–H groups in total. The molecule has 29 heavy (non-hydrogen) atoms. The monoisotopic (exact) mass is 405 g/mol. The smallest absolute Gasteiger partial charge is 0.328 e. The first-order valence-corrected chi connectivity index (χ1v) is 10.8. The number of carbonyl (C=O) groups is 2. The van der Waals surface area contributed by atoms with Crippen LogP contribution in [0.4, 0.5) is 0 Å². The summed E-state index contributed by atoms with van der Waals surface area (Å²) in [5, 5.41) is 6.35. The summed E-state index contributed by atoms with van der Waals surface area (Å²) in [6.07, 6.45) is 0.376. The maximum absolute atomic E-state index is 12.2. The van der Waals surface area contributed by atoms with Crippen molar-refractivity contribution in [3.05, 3.63) is 90.5 Å². The van der Waals surface area contributed by atoms with Crippen molar-refractivity contribution < 1.29 is 14.3 Å². The Balaban J connectivity index is 2.06. The van der Waals surface area contributed by atoms with E-state index in [2.05, 4.69) is 35.6 Å². The van der Waals surface area contributed by atoms with Gasteiger partial charge in [-0.25, -0.2) is 4.79 Å². The van der Waals surface area contributed by atoms with E-state index in [9.17, 15) is 9.59 Å². The van der Waals surface area contributed by atoms with Gasteiger partial charge in [-0.15, -0.1) is 0 Å². The number of esters is 1. The molecule has 0 fully saturated rings. The molecule has 1 unspecified atom stereocenters. The van der Waals surface area contributed by atoms with Gasteiger partial charge in [-0.05, 0) is 29.4 Å². The van der Waals surface area contributed by atoms with Gasteiger partial charge in [0.1, 0.15) is 6.04 Å². The van der Waals surface area contributed by atoms with Gasteiger partial charge >= 0.3 is 5.97 Å². The molecule has 0 aliphatic rings. The first kappa shape index (κ1) is 20.8. The molecule has 0 spiro atoms. The largest absolute Gasteiger partial charge is 0.467 e. The van der Waals surface area contributed by atoms with Crippen LogP contribution in [0.25, 0.3) is 0 Å². The van der Waals surface area contributed by atoms with Gasteiger partial charge in [0.2, 0.25) is 5.91 Å². The van der Waals surface area contributed by atoms with Gasteiger partial charge < -0.3 is 10.1 Å². The van der Waals surface area contributed by atoms with E-state index in [1.165, 1.54) is 29.9 Å². The molecule has 0 aliphatic heterocycles. The minimum Gasteiger partial charge on any atom is -0.467 e. The molecule has 5 heteroatoms. The number of rotatable bonds is 7. The molecular weight excluding hydrogens is 381 g/mol. The molecule has 3 rings (SSSR count). The van der Waals surface area contributed by atoms with E-state index in [1.807, 2.05) is 54.6 Å². The number of benzene rings is 3. The topological polar surface area (TPSA) is 55.4 Å². The molecule has 0 bridgehead atoms. The van der Waals surface area contributed by atoms with Gasteiger partial charge in [-0.3, -0.25) is 4.79 Å². The van der Waals surface area contributed by atoms with Crippen molar-refractivity contribution in [3.8, 4) is 0 Å². The minimum absolute atomic E-state index is 0.258. The Morgan fingerprint density at radius 3 is 1.90 bits per heavy atom. The standard InChI is InChI=1S/C24H24NO3P/c1-18(26)25-22(24(27)28-2)17-19-11-9-10-16-23(19)29(20-12-5-3-6-13-20)21-14-7-4-8-15-21/h3-16,22H,17H2,1-2H3,(H,25,26). The van der Waals surface area contributed by atoms with E-state index >= 15 is 0 Å². The van der Waals surface area contributed by atoms with Gasteiger partial charge in [-0.2, -0.15) is 0 Å². The first-order valence-electron chi connectivity index (χ1n) is 9.43. The Morgan fingerprint density at radius 2 is 1.38 bits per heavy atom. The highest BCUT2D eigenvalue weighted by atomic mass is 31.1. The van der Waals surface area contributed by atoms with Crippen LogP contribution in [-0.4, -0.2) is 25.0 Å². The number of amides is 1. The highest BCUT2D eigenvalue weighted by Crippen LogP contribution is 2.34. The second-order valence-corrected chi connectivity index (χ2v) is 8.80. The van der Waals surface area contributed by atoms with E-state index in [-0.39, 0.29) is 5.91 Å². The average molecular weight is 405 g/mol. The summed E-state index contributed by atoms with van der Waals surface area (Å²) in [6, 6.07) is 28.2. The van der Waals surface area contributed by atoms with Gasteiger partial charge in [-0.1, -0.05) is 84.9 Å². The number of ether oxygens (including phenoxy) is 1. The van der Waals surface area contributed by atoms with Crippen LogP contribution in [0, 0.1) is 0 Å². The lowest BCUT2D eigenvalue weighted by molar-refractivity contribution is -0.144. The lowest BCUT2D eigenvalue weighted by atomic mass is 10.1. The maximum Gasteiger partial charge on any atom is 0.328 e. The number of nitrogens with one attached hydrogen (secondary N) is 1. The summed E-state index contributed by atoms with van der Waals surface area (Å²) in [6.45, 7) is 1.41. The molecule has 3 aromatic carbocycles. The van der Waals surface area contributed by atoms with E-state index in [0.717, 1.165) is 5.56 Å². The van der Waals surface area contributed by atoms with Crippen LogP contribution >= 0.6 is 7.92 Å². The molecule has 148 valence electrons. The van der Waals surface area contributed by atoms with Gasteiger partial charge in [0.15, 0.2) is 0 Å². The lowest BCUT2D eigenvalue weighted by Gasteiger charge is -2.24. The fraction of sp³-hybridized carbons (Fsp3) is 0.167. The fourth-order valence-corrected chi connectivity index (χ4v) is 5.77. The molecule has 0 aromatic heterocycles. The van der Waals surface area contributed by atoms with Crippen LogP contribution in [0.3, 0.4) is 0 Å². The Kier molecular flexibility index (Phi) is 7.15. The van der Waals surface area contributed by atoms with Gasteiger partial charge in [0, 0.05) is 13.3 Å². The Morgan fingerprint density at radius 1 is 0.862 bits per heavy atom. The van der Waals surface area contributed by atoms with E-state index < -0.39 is 19.9 Å². The minimum atomic E-state index is -0.806. The lowest BCUT2D eigenvalue weighted by Crippen LogP contribution is -2.43. The second kappa shape index (κ2) is 9.99. The van der Waals surface area contributed by atoms with Crippen LogP contribution in [0.1, 0.15) is 12.5 Å². The number of carbonyl (C=O) groups excluding carboxylic acids is 2. The molecule has 0 saturated heterocycles. The van der Waals surface area contributed by atoms with Crippen LogP contribution in [0.5, 0.6) is 0 Å². The molecule has 1 amide bonds. The third-order valence-electron chi connectivity index (χ3n) is 4.55. The number of hydrogen-bond acceptors (Lipinski definition) is 3. The first-order chi connectivity index (χ1) is 14.1. The molecule has 1 atom stereocenters. The summed E-state index contributed by atoms with van der Waals surface area (Å²) in [5.74, 6) is -0.704. The van der Waals surface area contributed by atoms with Crippen molar-refractivity contribution in [2.75, 3.05) is 7.11 Å². The summed E-state index contributed by atoms with van der Waals surface area (Å²) in [4.78, 5) is 23.9. The third kappa shape index (κ3) is 5.30. The maximum atomic E-state index is 12.2. The van der Waals surface area contributed by atoms with Crippen molar-refractivity contribution in [1.82, 2.24) is 5.32 Å². The Bertz CT molecular complexity index is 921. The zero-order valence-corrected chi connectivity index (χ0v) is 17.4. The Labute approximate surface area is 172 Å². The SMILES string of the molecule is COC(=O)C(Cc1ccccc1P(c1ccccc1)c1ccccc1)NC(C)=O. The molecule has 0 saturated carbocycles. The van der Waals surface area contributed by atoms with E-state index in [0.29, 0.717) is 6.42 Å². The van der Waals surface area contributed by atoms with E-state index in [1.54, 1.807) is 0 Å². The summed E-state index contributed by atoms with van der Waals surface area (Å²) in [7, 11) is 0.531. The van der Waals surface area contributed by atoms with Gasteiger partial charge in [0.25, 0.3) is 0 Å². The van der Waals surface area contributed by atoms with Crippen LogP contribution in [0.15, 0.2) is 84.9 Å². The zero-order valence-electron chi connectivity index (χ0n) is 16.5. The quantitative estimate of drug-likeness (QED) is 0.486. The molecular formula is C24H24NO3P. The predicted molar refractivity (Wildman–Crippen MR) is 118 cm³/mol. The second-order valence-electron chi connectivity index (χ2n) is 6.62. The van der Waals surface area contributed by atoms with Gasteiger partial charge in [0.05, 0.1) is 7.11 Å². The third-order valence-corrected chi connectivity index (χ3v) is 7.10. The van der Waals surface area contributed by atoms with Crippen LogP contribution in [-0.2, 0) is 20.7 Å². The summed E-state index contributed by atoms with van der Waals surface area (Å²) >= 11 is 0. The van der Waals surface area contributed by atoms with Crippen LogP contribution in [0.2, 0.25) is 0 Å². The predicted octanol–water partition coefficient (Wildman–Crippen LogP) is 2.67. The molecule has 0 heterocycles. The molecule has 0 aliphatic carbocycles. The highest BCUT2D eigenvalue weighted by Gasteiger charge is 2.25. The zero-order chi connectivity index (χ0) is 20.6. The van der Waals surface area contributed by atoms with Crippen molar-refractivity contribution >= 4 is 35.7 Å². The summed E-state index contributed by atoms with van der Waals surface area (Å²) < 4.78 is 4.91. The molecule has 3 aromatic rings. The van der Waals surface area contributed by atoms with Crippen molar-refractivity contribution in [2.24, 2.45) is 0 Å².